The molecule has 0 spiro atoms. The molecular weight excluding hydrogens is 424 g/mol. The van der Waals surface area contributed by atoms with Crippen LogP contribution in [0.15, 0.2) is 54.7 Å². The summed E-state index contributed by atoms with van der Waals surface area (Å²) < 4.78 is 6.86. The molecule has 1 aliphatic rings. The fourth-order valence-corrected chi connectivity index (χ4v) is 3.89. The van der Waals surface area contributed by atoms with Gasteiger partial charge >= 0.3 is 12.1 Å². The van der Waals surface area contributed by atoms with Crippen LogP contribution in [-0.2, 0) is 16.6 Å². The van der Waals surface area contributed by atoms with Crippen molar-refractivity contribution in [2.75, 3.05) is 11.9 Å². The number of benzene rings is 2. The second kappa shape index (κ2) is 8.42. The van der Waals surface area contributed by atoms with E-state index >= 15 is 0 Å². The van der Waals surface area contributed by atoms with E-state index in [0.29, 0.717) is 0 Å². The molecule has 0 atom stereocenters. The van der Waals surface area contributed by atoms with Crippen LogP contribution in [0.2, 0.25) is 0 Å². The minimum absolute atomic E-state index is 0.101. The fraction of sp³-hybridized carbons (Fsp3) is 0.250. The number of carboxylic acids is 1. The summed E-state index contributed by atoms with van der Waals surface area (Å²) in [5.74, 6) is -2.02. The van der Waals surface area contributed by atoms with Gasteiger partial charge in [-0.15, -0.1) is 0 Å². The number of aromatic nitrogens is 2. The SMILES string of the molecule is Cn1cc(NC(=O)OCC2c3ccccc3-c3ccccc32)c(C(=O)NC(C)(C)C(=O)O)n1. The van der Waals surface area contributed by atoms with E-state index in [4.69, 9.17) is 4.74 Å². The highest BCUT2D eigenvalue weighted by Crippen LogP contribution is 2.44. The number of rotatable bonds is 6. The van der Waals surface area contributed by atoms with Gasteiger partial charge in [0.15, 0.2) is 5.69 Å². The summed E-state index contributed by atoms with van der Waals surface area (Å²) in [7, 11) is 1.59. The van der Waals surface area contributed by atoms with E-state index in [1.165, 1.54) is 24.7 Å². The number of hydrogen-bond acceptors (Lipinski definition) is 5. The Hall–Kier alpha value is -4.14. The highest BCUT2D eigenvalue weighted by Gasteiger charge is 2.32. The predicted octanol–water partition coefficient (Wildman–Crippen LogP) is 3.37. The van der Waals surface area contributed by atoms with Crippen LogP contribution in [0.4, 0.5) is 10.5 Å². The van der Waals surface area contributed by atoms with Gasteiger partial charge in [-0.1, -0.05) is 48.5 Å². The molecule has 170 valence electrons. The van der Waals surface area contributed by atoms with Crippen molar-refractivity contribution in [1.29, 1.82) is 0 Å². The quantitative estimate of drug-likeness (QED) is 0.531. The molecule has 0 fully saturated rings. The number of anilines is 1. The first kappa shape index (κ1) is 22.1. The maximum atomic E-state index is 12.6. The van der Waals surface area contributed by atoms with Gasteiger partial charge in [-0.2, -0.15) is 5.10 Å². The molecule has 4 rings (SSSR count). The molecule has 0 radical (unpaired) electrons. The van der Waals surface area contributed by atoms with Crippen molar-refractivity contribution in [3.8, 4) is 11.1 Å². The Bertz CT molecular complexity index is 1200. The molecule has 0 bridgehead atoms. The van der Waals surface area contributed by atoms with Crippen molar-refractivity contribution in [3.05, 3.63) is 71.5 Å². The average Bonchev–Trinajstić information content (AvgIpc) is 3.29. The highest BCUT2D eigenvalue weighted by molar-refractivity contribution is 6.02. The third-order valence-corrected chi connectivity index (χ3v) is 5.58. The third-order valence-electron chi connectivity index (χ3n) is 5.58. The molecule has 3 aromatic rings. The van der Waals surface area contributed by atoms with E-state index in [2.05, 4.69) is 15.7 Å². The lowest BCUT2D eigenvalue weighted by atomic mass is 9.98. The molecule has 2 amide bonds. The third kappa shape index (κ3) is 4.30. The zero-order valence-corrected chi connectivity index (χ0v) is 18.5. The monoisotopic (exact) mass is 448 g/mol. The van der Waals surface area contributed by atoms with Gasteiger partial charge in [-0.3, -0.25) is 14.8 Å². The topological polar surface area (TPSA) is 123 Å². The summed E-state index contributed by atoms with van der Waals surface area (Å²) in [6, 6.07) is 16.0. The molecule has 0 unspecified atom stereocenters. The lowest BCUT2D eigenvalue weighted by Gasteiger charge is -2.20. The maximum Gasteiger partial charge on any atom is 0.411 e. The Morgan fingerprint density at radius 3 is 2.21 bits per heavy atom. The molecule has 3 N–H and O–H groups in total. The molecule has 1 aromatic heterocycles. The van der Waals surface area contributed by atoms with Crippen LogP contribution in [0.1, 0.15) is 41.4 Å². The van der Waals surface area contributed by atoms with E-state index < -0.39 is 23.5 Å². The van der Waals surface area contributed by atoms with Crippen LogP contribution in [0.25, 0.3) is 11.1 Å². The van der Waals surface area contributed by atoms with Crippen LogP contribution in [0, 0.1) is 0 Å². The fourth-order valence-electron chi connectivity index (χ4n) is 3.89. The van der Waals surface area contributed by atoms with Crippen LogP contribution in [0.5, 0.6) is 0 Å². The summed E-state index contributed by atoms with van der Waals surface area (Å²) in [4.78, 5) is 36.5. The first-order chi connectivity index (χ1) is 15.7. The Morgan fingerprint density at radius 2 is 1.64 bits per heavy atom. The molecule has 9 nitrogen and oxygen atoms in total. The Kier molecular flexibility index (Phi) is 5.63. The summed E-state index contributed by atoms with van der Waals surface area (Å²) in [5.41, 5.74) is 2.92. The van der Waals surface area contributed by atoms with Crippen LogP contribution in [0.3, 0.4) is 0 Å². The van der Waals surface area contributed by atoms with Crippen molar-refractivity contribution in [2.45, 2.75) is 25.3 Å². The molecule has 2 aromatic carbocycles. The summed E-state index contributed by atoms with van der Waals surface area (Å²) in [6.07, 6.45) is 0.709. The standard InChI is InChI=1S/C24H24N4O5/c1-24(2,22(30)31)26-21(29)20-19(12-28(3)27-20)25-23(32)33-13-18-16-10-6-4-8-14(16)15-9-5-7-11-17(15)18/h4-12,18H,13H2,1-3H3,(H,25,32)(H,26,29)(H,30,31). The van der Waals surface area contributed by atoms with E-state index in [9.17, 15) is 19.5 Å². The van der Waals surface area contributed by atoms with Gasteiger partial charge in [0.25, 0.3) is 5.91 Å². The minimum atomic E-state index is -1.50. The lowest BCUT2D eigenvalue weighted by molar-refractivity contribution is -0.143. The zero-order chi connectivity index (χ0) is 23.8. The first-order valence-corrected chi connectivity index (χ1v) is 10.4. The van der Waals surface area contributed by atoms with Gasteiger partial charge < -0.3 is 15.2 Å². The normalized spacial score (nSPS) is 12.6. The van der Waals surface area contributed by atoms with E-state index in [1.54, 1.807) is 7.05 Å². The minimum Gasteiger partial charge on any atom is -0.480 e. The van der Waals surface area contributed by atoms with E-state index in [1.807, 2.05) is 48.5 Å². The molecule has 0 aliphatic heterocycles. The van der Waals surface area contributed by atoms with Crippen molar-refractivity contribution >= 4 is 23.7 Å². The largest absolute Gasteiger partial charge is 0.480 e. The molecule has 0 saturated carbocycles. The molecular formula is C24H24N4O5. The van der Waals surface area contributed by atoms with Crippen molar-refractivity contribution < 1.29 is 24.2 Å². The summed E-state index contributed by atoms with van der Waals surface area (Å²) in [6.45, 7) is 2.83. The number of aliphatic carboxylic acids is 1. The molecule has 1 heterocycles. The van der Waals surface area contributed by atoms with Crippen LogP contribution in [-0.4, -0.2) is 45.0 Å². The number of carboxylic acid groups (broad SMARTS) is 1. The number of hydrogen-bond donors (Lipinski definition) is 3. The number of amides is 2. The number of fused-ring (bicyclic) bond motifs is 3. The van der Waals surface area contributed by atoms with Gasteiger partial charge in [0, 0.05) is 19.2 Å². The van der Waals surface area contributed by atoms with Crippen LogP contribution >= 0.6 is 0 Å². The number of nitrogens with zero attached hydrogens (tertiary/aromatic N) is 2. The number of ether oxygens (including phenoxy) is 1. The van der Waals surface area contributed by atoms with Gasteiger partial charge in [-0.05, 0) is 36.1 Å². The first-order valence-electron chi connectivity index (χ1n) is 10.4. The number of carbonyl (C=O) groups excluding carboxylic acids is 2. The van der Waals surface area contributed by atoms with Gasteiger partial charge in [0.1, 0.15) is 12.1 Å². The highest BCUT2D eigenvalue weighted by atomic mass is 16.5. The number of nitrogens with one attached hydrogen (secondary N) is 2. The molecule has 9 heteroatoms. The number of aryl methyl sites for hydroxylation is 1. The van der Waals surface area contributed by atoms with Crippen molar-refractivity contribution in [2.24, 2.45) is 7.05 Å². The van der Waals surface area contributed by atoms with E-state index in [-0.39, 0.29) is 23.9 Å². The summed E-state index contributed by atoms with van der Waals surface area (Å²) in [5, 5.41) is 18.2. The van der Waals surface area contributed by atoms with Gasteiger partial charge in [0.2, 0.25) is 0 Å². The Labute approximate surface area is 190 Å². The molecule has 1 aliphatic carbocycles. The Morgan fingerprint density at radius 1 is 1.06 bits per heavy atom. The van der Waals surface area contributed by atoms with Gasteiger partial charge in [-0.25, -0.2) is 9.59 Å². The second-order valence-corrected chi connectivity index (χ2v) is 8.40. The van der Waals surface area contributed by atoms with E-state index in [0.717, 1.165) is 22.3 Å². The van der Waals surface area contributed by atoms with Crippen LogP contribution < -0.4 is 10.6 Å². The average molecular weight is 448 g/mol. The molecule has 33 heavy (non-hydrogen) atoms. The lowest BCUT2D eigenvalue weighted by Crippen LogP contribution is -2.49. The maximum absolute atomic E-state index is 12.6. The zero-order valence-electron chi connectivity index (χ0n) is 18.5. The van der Waals surface area contributed by atoms with Gasteiger partial charge in [0.05, 0.1) is 5.69 Å². The Balaban J connectivity index is 1.47. The smallest absolute Gasteiger partial charge is 0.411 e. The molecule has 0 saturated heterocycles. The van der Waals surface area contributed by atoms with Crippen molar-refractivity contribution in [1.82, 2.24) is 15.1 Å². The number of carbonyl (C=O) groups is 3. The summed E-state index contributed by atoms with van der Waals surface area (Å²) >= 11 is 0. The van der Waals surface area contributed by atoms with Crippen molar-refractivity contribution in [3.63, 3.8) is 0 Å². The second-order valence-electron chi connectivity index (χ2n) is 8.40. The predicted molar refractivity (Wildman–Crippen MR) is 121 cm³/mol.